The van der Waals surface area contributed by atoms with Crippen molar-refractivity contribution in [2.24, 2.45) is 11.7 Å². The molecule has 2 unspecified atom stereocenters. The van der Waals surface area contributed by atoms with E-state index in [1.807, 2.05) is 13.0 Å². The molecule has 0 spiro atoms. The molecule has 2 N–H and O–H groups in total. The minimum atomic E-state index is 0.425. The normalized spacial score (nSPS) is 24.1. The molecule has 1 aromatic carbocycles. The van der Waals surface area contributed by atoms with Crippen molar-refractivity contribution >= 4 is 0 Å². The highest BCUT2D eigenvalue weighted by molar-refractivity contribution is 5.31. The van der Waals surface area contributed by atoms with Gasteiger partial charge in [0.15, 0.2) is 0 Å². The van der Waals surface area contributed by atoms with E-state index < -0.39 is 0 Å². The van der Waals surface area contributed by atoms with Crippen molar-refractivity contribution < 1.29 is 4.74 Å². The fourth-order valence-corrected chi connectivity index (χ4v) is 3.35. The van der Waals surface area contributed by atoms with Crippen molar-refractivity contribution in [1.82, 2.24) is 4.90 Å². The average Bonchev–Trinajstić information content (AvgIpc) is 2.47. The molecule has 0 aromatic heterocycles. The van der Waals surface area contributed by atoms with E-state index in [-0.39, 0.29) is 0 Å². The topological polar surface area (TPSA) is 38.5 Å². The molecular weight excluding hydrogens is 248 g/mol. The molecule has 1 aliphatic rings. The maximum absolute atomic E-state index is 6.03. The molecule has 0 saturated carbocycles. The molecule has 3 nitrogen and oxygen atoms in total. The van der Waals surface area contributed by atoms with Crippen LogP contribution in [0.25, 0.3) is 0 Å². The minimum Gasteiger partial charge on any atom is -0.494 e. The molecule has 0 bridgehead atoms. The maximum atomic E-state index is 6.03. The Bertz CT molecular complexity index is 419. The van der Waals surface area contributed by atoms with Crippen LogP contribution in [0.1, 0.15) is 45.2 Å². The van der Waals surface area contributed by atoms with Crippen molar-refractivity contribution in [2.45, 2.75) is 45.7 Å². The van der Waals surface area contributed by atoms with Gasteiger partial charge in [-0.1, -0.05) is 12.1 Å². The molecule has 112 valence electrons. The number of piperidine rings is 1. The van der Waals surface area contributed by atoms with Crippen LogP contribution < -0.4 is 10.5 Å². The zero-order chi connectivity index (χ0) is 14.5. The summed E-state index contributed by atoms with van der Waals surface area (Å²) in [5.74, 6) is 1.51. The van der Waals surface area contributed by atoms with E-state index in [4.69, 9.17) is 10.5 Å². The molecule has 1 saturated heterocycles. The van der Waals surface area contributed by atoms with Crippen LogP contribution >= 0.6 is 0 Å². The van der Waals surface area contributed by atoms with Crippen LogP contribution in [0.2, 0.25) is 0 Å². The van der Waals surface area contributed by atoms with E-state index in [2.05, 4.69) is 36.9 Å². The summed E-state index contributed by atoms with van der Waals surface area (Å²) < 4.78 is 5.65. The second kappa shape index (κ2) is 7.09. The Morgan fingerprint density at radius 2 is 2.20 bits per heavy atom. The van der Waals surface area contributed by atoms with Crippen LogP contribution in [0, 0.1) is 5.92 Å². The van der Waals surface area contributed by atoms with Crippen LogP contribution in [0.15, 0.2) is 24.3 Å². The van der Waals surface area contributed by atoms with E-state index in [0.29, 0.717) is 24.6 Å². The molecule has 0 radical (unpaired) electrons. The number of nitrogens with zero attached hydrogens (tertiary/aromatic N) is 1. The number of rotatable bonds is 5. The van der Waals surface area contributed by atoms with Gasteiger partial charge in [0, 0.05) is 12.1 Å². The van der Waals surface area contributed by atoms with E-state index in [1.54, 1.807) is 0 Å². The lowest BCUT2D eigenvalue weighted by Crippen LogP contribution is -2.44. The van der Waals surface area contributed by atoms with E-state index in [0.717, 1.165) is 18.8 Å². The zero-order valence-corrected chi connectivity index (χ0v) is 13.0. The van der Waals surface area contributed by atoms with Crippen molar-refractivity contribution in [3.05, 3.63) is 29.8 Å². The Hall–Kier alpha value is -1.06. The van der Waals surface area contributed by atoms with Crippen molar-refractivity contribution in [1.29, 1.82) is 0 Å². The van der Waals surface area contributed by atoms with Crippen molar-refractivity contribution in [3.8, 4) is 5.75 Å². The summed E-state index contributed by atoms with van der Waals surface area (Å²) in [5, 5.41) is 0. The van der Waals surface area contributed by atoms with Gasteiger partial charge in [0.25, 0.3) is 0 Å². The Morgan fingerprint density at radius 1 is 1.40 bits per heavy atom. The van der Waals surface area contributed by atoms with Gasteiger partial charge < -0.3 is 10.5 Å². The first-order valence-corrected chi connectivity index (χ1v) is 7.86. The quantitative estimate of drug-likeness (QED) is 0.897. The molecule has 1 fully saturated rings. The molecule has 3 heteroatoms. The van der Waals surface area contributed by atoms with Crippen LogP contribution in [-0.2, 0) is 0 Å². The zero-order valence-electron chi connectivity index (χ0n) is 13.0. The van der Waals surface area contributed by atoms with Gasteiger partial charge in [0.1, 0.15) is 5.75 Å². The summed E-state index contributed by atoms with van der Waals surface area (Å²) in [4.78, 5) is 2.59. The minimum absolute atomic E-state index is 0.425. The van der Waals surface area contributed by atoms with E-state index in [9.17, 15) is 0 Å². The molecule has 0 aliphatic carbocycles. The van der Waals surface area contributed by atoms with Gasteiger partial charge in [-0.2, -0.15) is 0 Å². The Balaban J connectivity index is 2.30. The number of ether oxygens (including phenoxy) is 1. The first-order chi connectivity index (χ1) is 9.67. The summed E-state index contributed by atoms with van der Waals surface area (Å²) in [7, 11) is 0. The Morgan fingerprint density at radius 3 is 2.85 bits per heavy atom. The Kier molecular flexibility index (Phi) is 5.44. The molecular formula is C17H28N2O. The first-order valence-electron chi connectivity index (χ1n) is 7.86. The molecule has 2 rings (SSSR count). The lowest BCUT2D eigenvalue weighted by Gasteiger charge is -2.43. The molecule has 1 aliphatic heterocycles. The van der Waals surface area contributed by atoms with Gasteiger partial charge in [-0.05, 0) is 70.3 Å². The van der Waals surface area contributed by atoms with Gasteiger partial charge in [0.05, 0.1) is 6.61 Å². The summed E-state index contributed by atoms with van der Waals surface area (Å²) in [6.45, 7) is 9.21. The molecule has 2 atom stereocenters. The second-order valence-corrected chi connectivity index (χ2v) is 5.92. The predicted molar refractivity (Wildman–Crippen MR) is 84.0 cm³/mol. The van der Waals surface area contributed by atoms with E-state index >= 15 is 0 Å². The molecule has 20 heavy (non-hydrogen) atoms. The summed E-state index contributed by atoms with van der Waals surface area (Å²) >= 11 is 0. The average molecular weight is 276 g/mol. The van der Waals surface area contributed by atoms with Gasteiger partial charge in [0.2, 0.25) is 0 Å². The SMILES string of the molecule is CCOc1cccc(C2C(CN)CCCN2C(C)C)c1. The van der Waals surface area contributed by atoms with Crippen LogP contribution in [-0.4, -0.2) is 30.6 Å². The van der Waals surface area contributed by atoms with Gasteiger partial charge >= 0.3 is 0 Å². The number of likely N-dealkylation sites (tertiary alicyclic amines) is 1. The number of hydrogen-bond acceptors (Lipinski definition) is 3. The van der Waals surface area contributed by atoms with Crippen molar-refractivity contribution in [2.75, 3.05) is 19.7 Å². The molecule has 1 heterocycles. The predicted octanol–water partition coefficient (Wildman–Crippen LogP) is 3.21. The molecule has 0 amide bonds. The largest absolute Gasteiger partial charge is 0.494 e. The van der Waals surface area contributed by atoms with Gasteiger partial charge in [-0.3, -0.25) is 4.90 Å². The third kappa shape index (κ3) is 3.33. The number of nitrogens with two attached hydrogens (primary N) is 1. The smallest absolute Gasteiger partial charge is 0.119 e. The van der Waals surface area contributed by atoms with E-state index in [1.165, 1.54) is 18.4 Å². The fraction of sp³-hybridized carbons (Fsp3) is 0.647. The third-order valence-electron chi connectivity index (χ3n) is 4.27. The second-order valence-electron chi connectivity index (χ2n) is 5.92. The summed E-state index contributed by atoms with van der Waals surface area (Å²) in [6, 6.07) is 9.52. The van der Waals surface area contributed by atoms with Crippen LogP contribution in [0.4, 0.5) is 0 Å². The van der Waals surface area contributed by atoms with Gasteiger partial charge in [-0.25, -0.2) is 0 Å². The maximum Gasteiger partial charge on any atom is 0.119 e. The highest BCUT2D eigenvalue weighted by Gasteiger charge is 2.33. The standard InChI is InChI=1S/C17H28N2O/c1-4-20-16-9-5-7-14(11-16)17-15(12-18)8-6-10-19(17)13(2)3/h5,7,9,11,13,15,17H,4,6,8,10,12,18H2,1-3H3. The fourth-order valence-electron chi connectivity index (χ4n) is 3.35. The Labute approximate surface area is 123 Å². The lowest BCUT2D eigenvalue weighted by atomic mass is 9.84. The van der Waals surface area contributed by atoms with Crippen molar-refractivity contribution in [3.63, 3.8) is 0 Å². The number of hydrogen-bond donors (Lipinski definition) is 1. The highest BCUT2D eigenvalue weighted by Crippen LogP contribution is 2.37. The van der Waals surface area contributed by atoms with Crippen LogP contribution in [0.3, 0.4) is 0 Å². The highest BCUT2D eigenvalue weighted by atomic mass is 16.5. The lowest BCUT2D eigenvalue weighted by molar-refractivity contribution is 0.0664. The number of benzene rings is 1. The van der Waals surface area contributed by atoms with Crippen LogP contribution in [0.5, 0.6) is 5.75 Å². The monoisotopic (exact) mass is 276 g/mol. The third-order valence-corrected chi connectivity index (χ3v) is 4.27. The first kappa shape index (κ1) is 15.3. The van der Waals surface area contributed by atoms with Gasteiger partial charge in [-0.15, -0.1) is 0 Å². The summed E-state index contributed by atoms with van der Waals surface area (Å²) in [6.07, 6.45) is 2.48. The molecule has 1 aromatic rings. The summed E-state index contributed by atoms with van der Waals surface area (Å²) in [5.41, 5.74) is 7.38.